The van der Waals surface area contributed by atoms with Gasteiger partial charge in [-0.3, -0.25) is 10.2 Å². The van der Waals surface area contributed by atoms with Crippen molar-refractivity contribution in [2.75, 3.05) is 60.2 Å². The fourth-order valence-corrected chi connectivity index (χ4v) is 4.34. The van der Waals surface area contributed by atoms with Gasteiger partial charge in [0, 0.05) is 69.6 Å². The maximum absolute atomic E-state index is 13.0. The molecule has 2 N–H and O–H groups in total. The first-order chi connectivity index (χ1) is 16.6. The van der Waals surface area contributed by atoms with Gasteiger partial charge in [0.05, 0.1) is 26.4 Å². The molecular formula is C25H42N6O3. The third-order valence-corrected chi connectivity index (χ3v) is 6.32. The van der Waals surface area contributed by atoms with E-state index < -0.39 is 0 Å². The Morgan fingerprint density at radius 3 is 2.71 bits per heavy atom. The molecule has 0 bridgehead atoms. The quantitative estimate of drug-likeness (QED) is 0.302. The van der Waals surface area contributed by atoms with Crippen LogP contribution in [0.3, 0.4) is 0 Å². The highest BCUT2D eigenvalue weighted by molar-refractivity contribution is 5.79. The summed E-state index contributed by atoms with van der Waals surface area (Å²) in [6, 6.07) is 6.65. The molecule has 0 saturated carbocycles. The minimum Gasteiger partial charge on any atom is -0.379 e. The average molecular weight is 475 g/mol. The summed E-state index contributed by atoms with van der Waals surface area (Å²) in [5, 5.41) is 6.70. The van der Waals surface area contributed by atoms with Gasteiger partial charge < -0.3 is 24.3 Å². The van der Waals surface area contributed by atoms with Gasteiger partial charge in [0.2, 0.25) is 5.91 Å². The second-order valence-electron chi connectivity index (χ2n) is 8.87. The van der Waals surface area contributed by atoms with Gasteiger partial charge >= 0.3 is 0 Å². The molecule has 2 aromatic heterocycles. The minimum atomic E-state index is 0.222. The second-order valence-corrected chi connectivity index (χ2v) is 8.87. The number of amides is 1. The van der Waals surface area contributed by atoms with E-state index in [0.717, 1.165) is 68.8 Å². The van der Waals surface area contributed by atoms with E-state index in [-0.39, 0.29) is 5.91 Å². The van der Waals surface area contributed by atoms with Crippen LogP contribution in [0.2, 0.25) is 0 Å². The van der Waals surface area contributed by atoms with Crippen LogP contribution < -0.4 is 10.7 Å². The summed E-state index contributed by atoms with van der Waals surface area (Å²) in [6.45, 7) is 8.74. The SMILES string of the molecule is CCCOCCOCCNC1CCN(C(=O)CCn2c(CN(C)NC)cc3cccnc32)CC1. The number of carbonyl (C=O) groups excluding carboxylic acids is 1. The number of nitrogens with zero attached hydrogens (tertiary/aromatic N) is 4. The van der Waals surface area contributed by atoms with Crippen molar-refractivity contribution < 1.29 is 14.3 Å². The van der Waals surface area contributed by atoms with Crippen LogP contribution in [0.25, 0.3) is 11.0 Å². The molecule has 0 radical (unpaired) electrons. The number of ether oxygens (including phenoxy) is 2. The van der Waals surface area contributed by atoms with Gasteiger partial charge in [-0.1, -0.05) is 6.92 Å². The van der Waals surface area contributed by atoms with Gasteiger partial charge in [0.25, 0.3) is 0 Å². The Morgan fingerprint density at radius 1 is 1.21 bits per heavy atom. The van der Waals surface area contributed by atoms with Gasteiger partial charge in [0.15, 0.2) is 0 Å². The highest BCUT2D eigenvalue weighted by atomic mass is 16.5. The first-order valence-electron chi connectivity index (χ1n) is 12.6. The first-order valence-corrected chi connectivity index (χ1v) is 12.6. The maximum Gasteiger partial charge on any atom is 0.224 e. The number of carbonyl (C=O) groups is 1. The summed E-state index contributed by atoms with van der Waals surface area (Å²) in [4.78, 5) is 19.5. The normalized spacial score (nSPS) is 15.0. The number of aromatic nitrogens is 2. The van der Waals surface area contributed by atoms with Crippen molar-refractivity contribution in [3.05, 3.63) is 30.1 Å². The molecule has 1 aliphatic rings. The van der Waals surface area contributed by atoms with Crippen LogP contribution in [0.5, 0.6) is 0 Å². The maximum atomic E-state index is 13.0. The highest BCUT2D eigenvalue weighted by Crippen LogP contribution is 2.20. The average Bonchev–Trinajstić information content (AvgIpc) is 3.21. The summed E-state index contributed by atoms with van der Waals surface area (Å²) in [7, 11) is 3.91. The number of hydrazine groups is 1. The van der Waals surface area contributed by atoms with E-state index in [4.69, 9.17) is 9.47 Å². The van der Waals surface area contributed by atoms with E-state index in [1.54, 1.807) is 0 Å². The Kier molecular flexibility index (Phi) is 11.2. The standard InChI is InChI=1S/C25H42N6O3/c1-4-15-33-17-18-34-16-11-27-22-7-12-30(13-8-22)24(32)9-14-31-23(20-29(3)26-2)19-21-6-5-10-28-25(21)31/h5-6,10,19,22,26-27H,4,7-9,11-18,20H2,1-3H3. The Labute approximate surface area is 203 Å². The summed E-state index contributed by atoms with van der Waals surface area (Å²) < 4.78 is 13.2. The molecule has 3 heterocycles. The molecule has 1 saturated heterocycles. The number of hydrogen-bond acceptors (Lipinski definition) is 7. The summed E-state index contributed by atoms with van der Waals surface area (Å²) in [5.74, 6) is 0.222. The zero-order valence-corrected chi connectivity index (χ0v) is 21.1. The zero-order valence-electron chi connectivity index (χ0n) is 21.1. The lowest BCUT2D eigenvalue weighted by Gasteiger charge is -2.32. The largest absolute Gasteiger partial charge is 0.379 e. The second kappa shape index (κ2) is 14.4. The van der Waals surface area contributed by atoms with Crippen LogP contribution in [0.1, 0.15) is 38.3 Å². The number of likely N-dealkylation sites (tertiary alicyclic amines) is 1. The molecule has 0 unspecified atom stereocenters. The van der Waals surface area contributed by atoms with Crippen LogP contribution >= 0.6 is 0 Å². The number of pyridine rings is 1. The molecule has 34 heavy (non-hydrogen) atoms. The lowest BCUT2D eigenvalue weighted by molar-refractivity contribution is -0.132. The van der Waals surface area contributed by atoms with Crippen LogP contribution in [0, 0.1) is 0 Å². The molecule has 1 amide bonds. The van der Waals surface area contributed by atoms with Crippen molar-refractivity contribution in [1.82, 2.24) is 30.2 Å². The van der Waals surface area contributed by atoms with E-state index in [1.807, 2.05) is 36.3 Å². The topological polar surface area (TPSA) is 83.9 Å². The van der Waals surface area contributed by atoms with E-state index in [9.17, 15) is 4.79 Å². The monoisotopic (exact) mass is 474 g/mol. The molecule has 9 nitrogen and oxygen atoms in total. The van der Waals surface area contributed by atoms with Crippen molar-refractivity contribution in [1.29, 1.82) is 0 Å². The lowest BCUT2D eigenvalue weighted by Crippen LogP contribution is -2.45. The van der Waals surface area contributed by atoms with Crippen LogP contribution in [-0.4, -0.2) is 91.6 Å². The van der Waals surface area contributed by atoms with E-state index >= 15 is 0 Å². The Hall–Kier alpha value is -2.04. The predicted molar refractivity (Wildman–Crippen MR) is 134 cm³/mol. The van der Waals surface area contributed by atoms with Crippen molar-refractivity contribution in [3.8, 4) is 0 Å². The highest BCUT2D eigenvalue weighted by Gasteiger charge is 2.22. The molecule has 0 spiro atoms. The zero-order chi connectivity index (χ0) is 24.2. The van der Waals surface area contributed by atoms with Gasteiger partial charge in [-0.2, -0.15) is 0 Å². The summed E-state index contributed by atoms with van der Waals surface area (Å²) in [6.07, 6.45) is 5.31. The number of hydrogen-bond donors (Lipinski definition) is 2. The summed E-state index contributed by atoms with van der Waals surface area (Å²) in [5.41, 5.74) is 5.24. The van der Waals surface area contributed by atoms with Gasteiger partial charge in [-0.05, 0) is 44.5 Å². The van der Waals surface area contributed by atoms with E-state index in [0.29, 0.717) is 38.8 Å². The Morgan fingerprint density at radius 2 is 1.97 bits per heavy atom. The third kappa shape index (κ3) is 8.02. The lowest BCUT2D eigenvalue weighted by atomic mass is 10.0. The molecule has 2 aromatic rings. The van der Waals surface area contributed by atoms with Gasteiger partial charge in [-0.25, -0.2) is 9.99 Å². The predicted octanol–water partition coefficient (Wildman–Crippen LogP) is 2.02. The minimum absolute atomic E-state index is 0.222. The first kappa shape index (κ1) is 26.6. The van der Waals surface area contributed by atoms with E-state index in [2.05, 4.69) is 39.4 Å². The number of piperidine rings is 1. The molecule has 9 heteroatoms. The molecule has 0 atom stereocenters. The van der Waals surface area contributed by atoms with Gasteiger partial charge in [-0.15, -0.1) is 0 Å². The van der Waals surface area contributed by atoms with Crippen molar-refractivity contribution in [2.24, 2.45) is 0 Å². The number of aryl methyl sites for hydroxylation is 1. The number of fused-ring (bicyclic) bond motifs is 1. The number of nitrogens with one attached hydrogen (secondary N) is 2. The van der Waals surface area contributed by atoms with Crippen molar-refractivity contribution >= 4 is 16.9 Å². The van der Waals surface area contributed by atoms with Crippen LogP contribution in [-0.2, 0) is 27.4 Å². The Balaban J connectivity index is 1.39. The molecule has 1 aliphatic heterocycles. The smallest absolute Gasteiger partial charge is 0.224 e. The van der Waals surface area contributed by atoms with Crippen molar-refractivity contribution in [3.63, 3.8) is 0 Å². The molecule has 0 aliphatic carbocycles. The van der Waals surface area contributed by atoms with Crippen LogP contribution in [0.15, 0.2) is 24.4 Å². The summed E-state index contributed by atoms with van der Waals surface area (Å²) >= 11 is 0. The molecule has 1 fully saturated rings. The van der Waals surface area contributed by atoms with Crippen molar-refractivity contribution in [2.45, 2.75) is 51.7 Å². The Bertz CT molecular complexity index is 865. The fraction of sp³-hybridized carbons (Fsp3) is 0.680. The van der Waals surface area contributed by atoms with E-state index in [1.165, 1.54) is 0 Å². The molecule has 0 aromatic carbocycles. The fourth-order valence-electron chi connectivity index (χ4n) is 4.34. The van der Waals surface area contributed by atoms with Crippen LogP contribution in [0.4, 0.5) is 0 Å². The number of rotatable bonds is 15. The third-order valence-electron chi connectivity index (χ3n) is 6.32. The molecule has 190 valence electrons. The molecular weight excluding hydrogens is 432 g/mol. The van der Waals surface area contributed by atoms with Gasteiger partial charge in [0.1, 0.15) is 5.65 Å². The molecule has 3 rings (SSSR count).